The number of aliphatic carboxylic acids is 2. The van der Waals surface area contributed by atoms with Crippen molar-refractivity contribution in [2.75, 3.05) is 13.2 Å². The van der Waals surface area contributed by atoms with Crippen LogP contribution in [0, 0.1) is 0 Å². The van der Waals surface area contributed by atoms with E-state index in [2.05, 4.69) is 4.74 Å². The summed E-state index contributed by atoms with van der Waals surface area (Å²) < 4.78 is 4.50. The van der Waals surface area contributed by atoms with Gasteiger partial charge < -0.3 is 14.9 Å². The zero-order valence-electron chi connectivity index (χ0n) is 4.53. The van der Waals surface area contributed by atoms with E-state index in [-0.39, 0.29) is 0 Å². The molecule has 0 spiro atoms. The van der Waals surface area contributed by atoms with Gasteiger partial charge in [0, 0.05) is 0 Å². The van der Waals surface area contributed by atoms with E-state index in [4.69, 9.17) is 19.8 Å². The molecule has 2 N–H and O–H groups in total. The Morgan fingerprint density at radius 2 is 1.33 bits per heavy atom. The molecule has 1 heterocycles. The molecule has 0 aromatic carbocycles. The van der Waals surface area contributed by atoms with Crippen molar-refractivity contribution < 1.29 is 24.5 Å². The number of carboxylic acids is 2. The lowest BCUT2D eigenvalue weighted by Gasteiger charge is -1.72. The van der Waals surface area contributed by atoms with Crippen LogP contribution in [0.5, 0.6) is 0 Å². The molecule has 1 fully saturated rings. The van der Waals surface area contributed by atoms with E-state index in [9.17, 15) is 0 Å². The van der Waals surface area contributed by atoms with Crippen LogP contribution in [0.1, 0.15) is 0 Å². The highest BCUT2D eigenvalue weighted by atomic mass is 16.6. The van der Waals surface area contributed by atoms with Crippen molar-refractivity contribution in [3.05, 3.63) is 0 Å². The van der Waals surface area contributed by atoms with Crippen molar-refractivity contribution in [3.63, 3.8) is 0 Å². The van der Waals surface area contributed by atoms with E-state index >= 15 is 0 Å². The van der Waals surface area contributed by atoms with Crippen LogP contribution >= 0.6 is 0 Å². The Kier molecular flexibility index (Phi) is 3.38. The highest BCUT2D eigenvalue weighted by Crippen LogP contribution is 1.84. The first-order chi connectivity index (χ1) is 4.14. The van der Waals surface area contributed by atoms with Crippen LogP contribution in [0.25, 0.3) is 0 Å². The summed E-state index contributed by atoms with van der Waals surface area (Å²) in [6.45, 7) is 2.00. The molecular formula is C4H6O5. The minimum absolute atomic E-state index is 1.00. The molecule has 0 bridgehead atoms. The fourth-order valence-electron chi connectivity index (χ4n) is 0. The lowest BCUT2D eigenvalue weighted by Crippen LogP contribution is -2.09. The Morgan fingerprint density at radius 3 is 1.33 bits per heavy atom. The van der Waals surface area contributed by atoms with Crippen LogP contribution in [0.4, 0.5) is 0 Å². The first-order valence-corrected chi connectivity index (χ1v) is 2.18. The Balaban J connectivity index is 0.000000173. The third kappa shape index (κ3) is 10.9. The lowest BCUT2D eigenvalue weighted by atomic mass is 10.7. The van der Waals surface area contributed by atoms with Gasteiger partial charge in [0.1, 0.15) is 0 Å². The fourth-order valence-corrected chi connectivity index (χ4v) is 0. The number of rotatable bonds is 0. The van der Waals surface area contributed by atoms with Gasteiger partial charge in [0.15, 0.2) is 0 Å². The van der Waals surface area contributed by atoms with Crippen LogP contribution in [0.15, 0.2) is 0 Å². The summed E-state index contributed by atoms with van der Waals surface area (Å²) in [6, 6.07) is 0. The maximum atomic E-state index is 9.10. The topological polar surface area (TPSA) is 87.1 Å². The maximum absolute atomic E-state index is 9.10. The molecule has 0 atom stereocenters. The molecule has 0 unspecified atom stereocenters. The van der Waals surface area contributed by atoms with Gasteiger partial charge in [-0.25, -0.2) is 9.59 Å². The van der Waals surface area contributed by atoms with Gasteiger partial charge in [-0.2, -0.15) is 0 Å². The van der Waals surface area contributed by atoms with Gasteiger partial charge in [-0.15, -0.1) is 0 Å². The molecule has 5 nitrogen and oxygen atoms in total. The Hall–Kier alpha value is -1.10. The predicted molar refractivity (Wildman–Crippen MR) is 26.1 cm³/mol. The second kappa shape index (κ2) is 3.85. The maximum Gasteiger partial charge on any atom is 0.414 e. The van der Waals surface area contributed by atoms with Crippen molar-refractivity contribution in [3.8, 4) is 0 Å². The largest absolute Gasteiger partial charge is 0.473 e. The second-order valence-electron chi connectivity index (χ2n) is 1.22. The Labute approximate surface area is 50.9 Å². The van der Waals surface area contributed by atoms with Gasteiger partial charge in [0.25, 0.3) is 0 Å². The molecule has 5 heteroatoms. The zero-order valence-corrected chi connectivity index (χ0v) is 4.53. The van der Waals surface area contributed by atoms with E-state index < -0.39 is 11.9 Å². The fraction of sp³-hybridized carbons (Fsp3) is 0.500. The minimum Gasteiger partial charge on any atom is -0.473 e. The van der Waals surface area contributed by atoms with Crippen LogP contribution < -0.4 is 0 Å². The average molecular weight is 134 g/mol. The Bertz CT molecular complexity index is 101. The number of carbonyl (C=O) groups is 2. The summed E-state index contributed by atoms with van der Waals surface area (Å²) in [5.41, 5.74) is 0. The average Bonchev–Trinajstić information content (AvgIpc) is 2.46. The van der Waals surface area contributed by atoms with Crippen LogP contribution in [0.3, 0.4) is 0 Å². The summed E-state index contributed by atoms with van der Waals surface area (Å²) in [4.78, 5) is 18.2. The lowest BCUT2D eigenvalue weighted by molar-refractivity contribution is -0.159. The molecule has 0 saturated carbocycles. The van der Waals surface area contributed by atoms with E-state index in [1.54, 1.807) is 0 Å². The molecule has 0 amide bonds. The smallest absolute Gasteiger partial charge is 0.414 e. The van der Waals surface area contributed by atoms with Crippen molar-refractivity contribution in [2.24, 2.45) is 0 Å². The van der Waals surface area contributed by atoms with Crippen molar-refractivity contribution in [1.29, 1.82) is 0 Å². The van der Waals surface area contributed by atoms with Gasteiger partial charge >= 0.3 is 11.9 Å². The quantitative estimate of drug-likeness (QED) is 0.333. The molecule has 52 valence electrons. The van der Waals surface area contributed by atoms with E-state index in [0.29, 0.717) is 0 Å². The van der Waals surface area contributed by atoms with Gasteiger partial charge in [0.2, 0.25) is 0 Å². The Morgan fingerprint density at radius 1 is 1.11 bits per heavy atom. The number of hydrogen-bond donors (Lipinski definition) is 2. The van der Waals surface area contributed by atoms with Crippen LogP contribution in [-0.4, -0.2) is 35.4 Å². The van der Waals surface area contributed by atoms with Gasteiger partial charge in [-0.1, -0.05) is 0 Å². The van der Waals surface area contributed by atoms with E-state index in [1.165, 1.54) is 0 Å². The third-order valence-corrected chi connectivity index (χ3v) is 0.387. The molecule has 9 heavy (non-hydrogen) atoms. The predicted octanol–water partition coefficient (Wildman–Crippen LogP) is -0.828. The summed E-state index contributed by atoms with van der Waals surface area (Å²) in [5, 5.41) is 14.8. The molecule has 1 aliphatic heterocycles. The first-order valence-electron chi connectivity index (χ1n) is 2.18. The van der Waals surface area contributed by atoms with Gasteiger partial charge in [-0.05, 0) is 0 Å². The molecule has 1 rings (SSSR count). The normalized spacial score (nSPS) is 12.9. The van der Waals surface area contributed by atoms with E-state index in [0.717, 1.165) is 13.2 Å². The third-order valence-electron chi connectivity index (χ3n) is 0.387. The summed E-state index contributed by atoms with van der Waals surface area (Å²) in [6.07, 6.45) is 0. The monoisotopic (exact) mass is 134 g/mol. The highest BCUT2D eigenvalue weighted by Gasteiger charge is 2.04. The van der Waals surface area contributed by atoms with Crippen LogP contribution in [0.2, 0.25) is 0 Å². The highest BCUT2D eigenvalue weighted by molar-refractivity contribution is 6.27. The van der Waals surface area contributed by atoms with Gasteiger partial charge in [0.05, 0.1) is 13.2 Å². The first kappa shape index (κ1) is 7.90. The summed E-state index contributed by atoms with van der Waals surface area (Å²) in [5.74, 6) is -3.65. The molecule has 0 aliphatic carbocycles. The van der Waals surface area contributed by atoms with Crippen molar-refractivity contribution in [1.82, 2.24) is 0 Å². The zero-order chi connectivity index (χ0) is 7.28. The van der Waals surface area contributed by atoms with Gasteiger partial charge in [-0.3, -0.25) is 0 Å². The van der Waals surface area contributed by atoms with Crippen molar-refractivity contribution in [2.45, 2.75) is 0 Å². The molecule has 1 aliphatic rings. The standard InChI is InChI=1S/C2H2O4.C2H4O/c3-1(4)2(5)6;1-2-3-1/h(H,3,4)(H,5,6);1-2H2. The molecule has 0 radical (unpaired) electrons. The number of hydrogen-bond acceptors (Lipinski definition) is 3. The van der Waals surface area contributed by atoms with E-state index in [1.807, 2.05) is 0 Å². The summed E-state index contributed by atoms with van der Waals surface area (Å²) >= 11 is 0. The van der Waals surface area contributed by atoms with Crippen molar-refractivity contribution >= 4 is 11.9 Å². The molecule has 1 saturated heterocycles. The number of epoxide rings is 1. The molecular weight excluding hydrogens is 128 g/mol. The minimum atomic E-state index is -1.82. The molecule has 0 aromatic rings. The number of carboxylic acid groups (broad SMARTS) is 2. The molecule has 0 aromatic heterocycles. The summed E-state index contributed by atoms with van der Waals surface area (Å²) in [7, 11) is 0. The second-order valence-corrected chi connectivity index (χ2v) is 1.22. The SMILES string of the molecule is C1CO1.O=C(O)C(=O)O. The number of ether oxygens (including phenoxy) is 1. The van der Waals surface area contributed by atoms with Crippen LogP contribution in [-0.2, 0) is 14.3 Å².